The van der Waals surface area contributed by atoms with Crippen LogP contribution in [0.3, 0.4) is 0 Å². The van der Waals surface area contributed by atoms with Crippen LogP contribution in [0.2, 0.25) is 0 Å². The van der Waals surface area contributed by atoms with Crippen LogP contribution in [0.1, 0.15) is 47.9 Å². The van der Waals surface area contributed by atoms with Crippen molar-refractivity contribution in [1.82, 2.24) is 9.78 Å². The lowest BCUT2D eigenvalue weighted by atomic mass is 10.0. The first-order valence-corrected chi connectivity index (χ1v) is 6.84. The lowest BCUT2D eigenvalue weighted by Crippen LogP contribution is -2.09. The molecule has 0 fully saturated rings. The molecule has 106 valence electrons. The normalized spacial score (nSPS) is 12.4. The van der Waals surface area contributed by atoms with E-state index in [1.807, 2.05) is 16.9 Å². The first kappa shape index (κ1) is 14.4. The van der Waals surface area contributed by atoms with E-state index in [-0.39, 0.29) is 18.0 Å². The Balaban J connectivity index is 2.13. The lowest BCUT2D eigenvalue weighted by molar-refractivity contribution is 0.0991. The minimum Gasteiger partial charge on any atom is -0.294 e. The Hall–Kier alpha value is -1.97. The molecule has 1 heterocycles. The van der Waals surface area contributed by atoms with E-state index in [0.717, 1.165) is 12.1 Å². The summed E-state index contributed by atoms with van der Waals surface area (Å²) < 4.78 is 14.9. The second kappa shape index (κ2) is 5.99. The number of ketones is 1. The summed E-state index contributed by atoms with van der Waals surface area (Å²) in [6.07, 6.45) is 3.14. The van der Waals surface area contributed by atoms with Crippen LogP contribution in [0.5, 0.6) is 0 Å². The van der Waals surface area contributed by atoms with E-state index in [2.05, 4.69) is 18.9 Å². The van der Waals surface area contributed by atoms with Gasteiger partial charge < -0.3 is 0 Å². The predicted molar refractivity (Wildman–Crippen MR) is 76.4 cm³/mol. The Bertz CT molecular complexity index is 619. The fourth-order valence-corrected chi connectivity index (χ4v) is 2.10. The number of carbonyl (C=O) groups excluding carboxylic acids is 1. The van der Waals surface area contributed by atoms with Crippen molar-refractivity contribution in [2.45, 2.75) is 39.7 Å². The number of hydrogen-bond donors (Lipinski definition) is 0. The van der Waals surface area contributed by atoms with Crippen molar-refractivity contribution in [3.63, 3.8) is 0 Å². The molecule has 0 saturated carbocycles. The second-order valence-corrected chi connectivity index (χ2v) is 5.10. The molecule has 0 aliphatic rings. The third-order valence-corrected chi connectivity index (χ3v) is 3.54. The highest BCUT2D eigenvalue weighted by molar-refractivity contribution is 5.98. The highest BCUT2D eigenvalue weighted by Crippen LogP contribution is 2.14. The van der Waals surface area contributed by atoms with E-state index in [1.165, 1.54) is 12.1 Å². The van der Waals surface area contributed by atoms with Crippen molar-refractivity contribution in [2.24, 2.45) is 0 Å². The molecule has 0 N–H and O–H groups in total. The molecule has 0 radical (unpaired) electrons. The van der Waals surface area contributed by atoms with Gasteiger partial charge in [0.25, 0.3) is 0 Å². The number of aryl methyl sites for hydroxylation is 1. The first-order valence-electron chi connectivity index (χ1n) is 6.84. The maximum atomic E-state index is 13.0. The summed E-state index contributed by atoms with van der Waals surface area (Å²) in [4.78, 5) is 12.2. The van der Waals surface area contributed by atoms with Gasteiger partial charge in [-0.3, -0.25) is 9.48 Å². The summed E-state index contributed by atoms with van der Waals surface area (Å²) in [5.41, 5.74) is 1.97. The molecule has 2 rings (SSSR count). The Morgan fingerprint density at radius 3 is 2.80 bits per heavy atom. The summed E-state index contributed by atoms with van der Waals surface area (Å²) in [5, 5.41) is 4.42. The minimum atomic E-state index is -0.319. The van der Waals surface area contributed by atoms with Crippen LogP contribution in [-0.4, -0.2) is 15.6 Å². The largest absolute Gasteiger partial charge is 0.294 e. The van der Waals surface area contributed by atoms with Crippen LogP contribution in [0.4, 0.5) is 4.39 Å². The molecular formula is C16H19FN2O. The third-order valence-electron chi connectivity index (χ3n) is 3.54. The van der Waals surface area contributed by atoms with Gasteiger partial charge in [-0.2, -0.15) is 5.10 Å². The van der Waals surface area contributed by atoms with Gasteiger partial charge in [-0.1, -0.05) is 6.92 Å². The van der Waals surface area contributed by atoms with Crippen LogP contribution in [-0.2, 0) is 6.42 Å². The summed E-state index contributed by atoms with van der Waals surface area (Å²) in [5.74, 6) is -0.350. The van der Waals surface area contributed by atoms with Gasteiger partial charge >= 0.3 is 0 Å². The minimum absolute atomic E-state index is 0.0306. The van der Waals surface area contributed by atoms with Crippen LogP contribution >= 0.6 is 0 Å². The summed E-state index contributed by atoms with van der Waals surface area (Å²) in [6.45, 7) is 5.93. The van der Waals surface area contributed by atoms with Crippen LogP contribution in [0.25, 0.3) is 0 Å². The molecule has 2 aromatic rings. The molecule has 4 heteroatoms. The van der Waals surface area contributed by atoms with Gasteiger partial charge in [0.05, 0.1) is 12.1 Å². The highest BCUT2D eigenvalue weighted by atomic mass is 19.1. The van der Waals surface area contributed by atoms with E-state index in [4.69, 9.17) is 0 Å². The average molecular weight is 274 g/mol. The van der Waals surface area contributed by atoms with Crippen molar-refractivity contribution in [2.75, 3.05) is 0 Å². The number of hydrogen-bond acceptors (Lipinski definition) is 2. The molecule has 0 aliphatic carbocycles. The Kier molecular flexibility index (Phi) is 4.32. The number of Topliss-reactive ketones (excluding diaryl/α,β-unsaturated/α-hetero) is 1. The average Bonchev–Trinajstić information content (AvgIpc) is 2.86. The van der Waals surface area contributed by atoms with Gasteiger partial charge in [0.2, 0.25) is 0 Å². The molecule has 1 atom stereocenters. The molecule has 0 amide bonds. The van der Waals surface area contributed by atoms with Crippen molar-refractivity contribution in [3.05, 3.63) is 53.1 Å². The monoisotopic (exact) mass is 274 g/mol. The maximum absolute atomic E-state index is 13.0. The van der Waals surface area contributed by atoms with Crippen molar-refractivity contribution < 1.29 is 9.18 Å². The van der Waals surface area contributed by atoms with E-state index < -0.39 is 0 Å². The SMILES string of the molecule is CCC(C)n1ccc(CC(=O)c2ccc(F)cc2C)n1. The maximum Gasteiger partial charge on any atom is 0.169 e. The Labute approximate surface area is 118 Å². The van der Waals surface area contributed by atoms with E-state index in [1.54, 1.807) is 13.0 Å². The molecule has 0 bridgehead atoms. The third kappa shape index (κ3) is 3.13. The summed E-state index contributed by atoms with van der Waals surface area (Å²) in [6, 6.07) is 6.43. The molecule has 20 heavy (non-hydrogen) atoms. The highest BCUT2D eigenvalue weighted by Gasteiger charge is 2.13. The molecule has 1 aromatic carbocycles. The van der Waals surface area contributed by atoms with Gasteiger partial charge in [0.15, 0.2) is 5.78 Å². The smallest absolute Gasteiger partial charge is 0.169 e. The summed E-state index contributed by atoms with van der Waals surface area (Å²) in [7, 11) is 0. The fraction of sp³-hybridized carbons (Fsp3) is 0.375. The van der Waals surface area contributed by atoms with E-state index in [9.17, 15) is 9.18 Å². The lowest BCUT2D eigenvalue weighted by Gasteiger charge is -2.08. The predicted octanol–water partition coefficient (Wildman–Crippen LogP) is 3.73. The van der Waals surface area contributed by atoms with Gasteiger partial charge in [-0.15, -0.1) is 0 Å². The standard InChI is InChI=1S/C16H19FN2O/c1-4-12(3)19-8-7-14(18-19)10-16(20)15-6-5-13(17)9-11(15)2/h5-9,12H,4,10H2,1-3H3. The molecular weight excluding hydrogens is 255 g/mol. The quantitative estimate of drug-likeness (QED) is 0.779. The Morgan fingerprint density at radius 2 is 2.15 bits per heavy atom. The van der Waals surface area contributed by atoms with Gasteiger partial charge in [0, 0.05) is 17.8 Å². The zero-order valence-corrected chi connectivity index (χ0v) is 12.1. The number of halogens is 1. The zero-order valence-electron chi connectivity index (χ0n) is 12.1. The van der Waals surface area contributed by atoms with Gasteiger partial charge in [0.1, 0.15) is 5.82 Å². The van der Waals surface area contributed by atoms with Crippen LogP contribution in [0, 0.1) is 12.7 Å². The zero-order chi connectivity index (χ0) is 14.7. The number of rotatable bonds is 5. The number of aromatic nitrogens is 2. The molecule has 1 aromatic heterocycles. The van der Waals surface area contributed by atoms with Crippen molar-refractivity contribution >= 4 is 5.78 Å². The van der Waals surface area contributed by atoms with Crippen molar-refractivity contribution in [1.29, 1.82) is 0 Å². The number of benzene rings is 1. The molecule has 0 saturated heterocycles. The molecule has 0 aliphatic heterocycles. The molecule has 0 spiro atoms. The topological polar surface area (TPSA) is 34.9 Å². The van der Waals surface area contributed by atoms with E-state index >= 15 is 0 Å². The number of nitrogens with zero attached hydrogens (tertiary/aromatic N) is 2. The van der Waals surface area contributed by atoms with Crippen LogP contribution in [0.15, 0.2) is 30.5 Å². The van der Waals surface area contributed by atoms with Gasteiger partial charge in [-0.25, -0.2) is 4.39 Å². The first-order chi connectivity index (χ1) is 9.51. The fourth-order valence-electron chi connectivity index (χ4n) is 2.10. The van der Waals surface area contributed by atoms with Gasteiger partial charge in [-0.05, 0) is 50.1 Å². The molecule has 3 nitrogen and oxygen atoms in total. The summed E-state index contributed by atoms with van der Waals surface area (Å²) >= 11 is 0. The van der Waals surface area contributed by atoms with Crippen LogP contribution < -0.4 is 0 Å². The molecule has 1 unspecified atom stereocenters. The second-order valence-electron chi connectivity index (χ2n) is 5.10. The van der Waals surface area contributed by atoms with E-state index in [0.29, 0.717) is 17.2 Å². The number of carbonyl (C=O) groups is 1. The van der Waals surface area contributed by atoms with Crippen molar-refractivity contribution in [3.8, 4) is 0 Å². The Morgan fingerprint density at radius 1 is 1.40 bits per heavy atom.